The molecule has 0 aromatic heterocycles. The van der Waals surface area contributed by atoms with Crippen molar-refractivity contribution < 1.29 is 9.59 Å². The Morgan fingerprint density at radius 1 is 1.26 bits per heavy atom. The van der Waals surface area contributed by atoms with Gasteiger partial charge in [0.1, 0.15) is 5.54 Å². The number of likely N-dealkylation sites (tertiary alicyclic amines) is 1. The van der Waals surface area contributed by atoms with Gasteiger partial charge in [0.15, 0.2) is 0 Å². The Kier molecular flexibility index (Phi) is 4.98. The standard InChI is InChI=1S/C21H30N4O2/c1-2-12-22-20(27)24-13-10-21(11-14-24)19(26)25(15-16-6-5-7-16)18-9-4-3-8-17(18)23-21/h3-4,8-9,16,23H,2,5-7,10-15H2,1H3,(H,22,27). The van der Waals surface area contributed by atoms with Crippen molar-refractivity contribution in [1.82, 2.24) is 10.2 Å². The highest BCUT2D eigenvalue weighted by Gasteiger charge is 2.48. The minimum absolute atomic E-state index is 0.0123. The van der Waals surface area contributed by atoms with Crippen molar-refractivity contribution in [3.05, 3.63) is 24.3 Å². The molecule has 2 heterocycles. The highest BCUT2D eigenvalue weighted by atomic mass is 16.2. The van der Waals surface area contributed by atoms with Crippen molar-refractivity contribution >= 4 is 23.3 Å². The van der Waals surface area contributed by atoms with Crippen LogP contribution in [0.15, 0.2) is 24.3 Å². The third-order valence-corrected chi connectivity index (χ3v) is 6.32. The quantitative estimate of drug-likeness (QED) is 0.855. The van der Waals surface area contributed by atoms with Crippen LogP contribution in [-0.4, -0.2) is 48.6 Å². The van der Waals surface area contributed by atoms with Crippen molar-refractivity contribution in [2.45, 2.75) is 51.0 Å². The lowest BCUT2D eigenvalue weighted by molar-refractivity contribution is -0.124. The van der Waals surface area contributed by atoms with Gasteiger partial charge in [-0.2, -0.15) is 0 Å². The SMILES string of the molecule is CCCNC(=O)N1CCC2(CC1)Nc1ccccc1N(CC1CCC1)C2=O. The third kappa shape index (κ3) is 3.37. The molecule has 1 saturated heterocycles. The van der Waals surface area contributed by atoms with Crippen molar-refractivity contribution in [3.63, 3.8) is 0 Å². The average molecular weight is 370 g/mol. The molecule has 2 aliphatic heterocycles. The Balaban J connectivity index is 1.51. The maximum atomic E-state index is 13.5. The van der Waals surface area contributed by atoms with Gasteiger partial charge in [0, 0.05) is 26.2 Å². The third-order valence-electron chi connectivity index (χ3n) is 6.32. The first-order valence-corrected chi connectivity index (χ1v) is 10.3. The van der Waals surface area contributed by atoms with E-state index < -0.39 is 5.54 Å². The summed E-state index contributed by atoms with van der Waals surface area (Å²) < 4.78 is 0. The molecule has 1 aromatic rings. The Hall–Kier alpha value is -2.24. The van der Waals surface area contributed by atoms with Crippen LogP contribution in [0.25, 0.3) is 0 Å². The zero-order chi connectivity index (χ0) is 18.9. The summed E-state index contributed by atoms with van der Waals surface area (Å²) >= 11 is 0. The summed E-state index contributed by atoms with van der Waals surface area (Å²) in [6.45, 7) is 4.77. The largest absolute Gasteiger partial charge is 0.369 e. The average Bonchev–Trinajstić information content (AvgIpc) is 2.66. The van der Waals surface area contributed by atoms with Crippen molar-refractivity contribution in [3.8, 4) is 0 Å². The molecule has 3 aliphatic rings. The number of piperidine rings is 1. The number of carbonyl (C=O) groups is 2. The summed E-state index contributed by atoms with van der Waals surface area (Å²) in [5.41, 5.74) is 1.46. The molecule has 6 nitrogen and oxygen atoms in total. The zero-order valence-electron chi connectivity index (χ0n) is 16.2. The molecule has 0 bridgehead atoms. The first kappa shape index (κ1) is 18.1. The van der Waals surface area contributed by atoms with Gasteiger partial charge in [-0.1, -0.05) is 25.5 Å². The molecule has 1 saturated carbocycles. The molecule has 6 heteroatoms. The fourth-order valence-corrected chi connectivity index (χ4v) is 4.38. The fraction of sp³-hybridized carbons (Fsp3) is 0.619. The van der Waals surface area contributed by atoms with Crippen LogP contribution in [0.5, 0.6) is 0 Å². The Labute approximate surface area is 161 Å². The van der Waals surface area contributed by atoms with E-state index in [1.54, 1.807) is 0 Å². The minimum Gasteiger partial charge on any atom is -0.369 e. The molecule has 2 fully saturated rings. The topological polar surface area (TPSA) is 64.7 Å². The number of hydrogen-bond acceptors (Lipinski definition) is 3. The van der Waals surface area contributed by atoms with E-state index in [-0.39, 0.29) is 11.9 Å². The monoisotopic (exact) mass is 370 g/mol. The molecule has 0 atom stereocenters. The lowest BCUT2D eigenvalue weighted by Gasteiger charge is -2.48. The van der Waals surface area contributed by atoms with Gasteiger partial charge >= 0.3 is 6.03 Å². The van der Waals surface area contributed by atoms with Crippen LogP contribution in [0.2, 0.25) is 0 Å². The number of nitrogens with one attached hydrogen (secondary N) is 2. The molecule has 146 valence electrons. The van der Waals surface area contributed by atoms with Crippen LogP contribution in [0, 0.1) is 5.92 Å². The highest BCUT2D eigenvalue weighted by molar-refractivity contribution is 6.08. The second-order valence-electron chi connectivity index (χ2n) is 8.16. The zero-order valence-corrected chi connectivity index (χ0v) is 16.2. The number of amides is 3. The van der Waals surface area contributed by atoms with Crippen LogP contribution in [0.3, 0.4) is 0 Å². The molecular weight excluding hydrogens is 340 g/mol. The number of urea groups is 1. The van der Waals surface area contributed by atoms with Crippen molar-refractivity contribution in [2.75, 3.05) is 36.4 Å². The number of para-hydroxylation sites is 2. The number of carbonyl (C=O) groups excluding carboxylic acids is 2. The van der Waals surface area contributed by atoms with E-state index in [1.807, 2.05) is 34.9 Å². The van der Waals surface area contributed by atoms with Gasteiger partial charge < -0.3 is 20.4 Å². The highest BCUT2D eigenvalue weighted by Crippen LogP contribution is 2.41. The van der Waals surface area contributed by atoms with Gasteiger partial charge in [0.05, 0.1) is 11.4 Å². The van der Waals surface area contributed by atoms with E-state index in [1.165, 1.54) is 19.3 Å². The van der Waals surface area contributed by atoms with Gasteiger partial charge in [-0.15, -0.1) is 0 Å². The summed E-state index contributed by atoms with van der Waals surface area (Å²) in [6, 6.07) is 8.11. The molecule has 27 heavy (non-hydrogen) atoms. The second kappa shape index (κ2) is 7.41. The number of rotatable bonds is 4. The first-order valence-electron chi connectivity index (χ1n) is 10.3. The lowest BCUT2D eigenvalue weighted by atomic mass is 9.81. The van der Waals surface area contributed by atoms with E-state index in [9.17, 15) is 9.59 Å². The summed E-state index contributed by atoms with van der Waals surface area (Å²) in [4.78, 5) is 29.7. The van der Waals surface area contributed by atoms with Crippen molar-refractivity contribution in [2.24, 2.45) is 5.92 Å². The number of hydrogen-bond donors (Lipinski definition) is 2. The maximum absolute atomic E-state index is 13.5. The smallest absolute Gasteiger partial charge is 0.317 e. The number of benzene rings is 1. The normalized spacial score (nSPS) is 21.4. The van der Waals surface area contributed by atoms with Crippen LogP contribution < -0.4 is 15.5 Å². The van der Waals surface area contributed by atoms with E-state index in [4.69, 9.17) is 0 Å². The van der Waals surface area contributed by atoms with Gasteiger partial charge in [-0.3, -0.25) is 4.79 Å². The summed E-state index contributed by atoms with van der Waals surface area (Å²) in [7, 11) is 0. The van der Waals surface area contributed by atoms with E-state index >= 15 is 0 Å². The van der Waals surface area contributed by atoms with Crippen LogP contribution in [-0.2, 0) is 4.79 Å². The lowest BCUT2D eigenvalue weighted by Crippen LogP contribution is -2.63. The van der Waals surface area contributed by atoms with Crippen molar-refractivity contribution in [1.29, 1.82) is 0 Å². The summed E-state index contributed by atoms with van der Waals surface area (Å²) in [6.07, 6.45) is 5.95. The molecule has 2 N–H and O–H groups in total. The first-order chi connectivity index (χ1) is 13.1. The Morgan fingerprint density at radius 3 is 2.67 bits per heavy atom. The van der Waals surface area contributed by atoms with E-state index in [0.717, 1.165) is 24.3 Å². The predicted octanol–water partition coefficient (Wildman–Crippen LogP) is 3.20. The Morgan fingerprint density at radius 2 is 2.00 bits per heavy atom. The van der Waals surface area contributed by atoms with E-state index in [0.29, 0.717) is 38.4 Å². The van der Waals surface area contributed by atoms with Crippen LogP contribution in [0.4, 0.5) is 16.2 Å². The molecule has 0 radical (unpaired) electrons. The van der Waals surface area contributed by atoms with Gasteiger partial charge in [0.25, 0.3) is 5.91 Å². The van der Waals surface area contributed by atoms with Gasteiger partial charge in [-0.25, -0.2) is 4.79 Å². The van der Waals surface area contributed by atoms with Crippen LogP contribution >= 0.6 is 0 Å². The molecule has 1 aliphatic carbocycles. The molecule has 1 aromatic carbocycles. The van der Waals surface area contributed by atoms with Gasteiger partial charge in [0.2, 0.25) is 0 Å². The molecular formula is C21H30N4O2. The Bertz CT molecular complexity index is 708. The number of anilines is 2. The minimum atomic E-state index is -0.584. The fourth-order valence-electron chi connectivity index (χ4n) is 4.38. The molecule has 1 spiro atoms. The summed E-state index contributed by atoms with van der Waals surface area (Å²) in [5.74, 6) is 0.804. The molecule has 0 unspecified atom stereocenters. The molecule has 3 amide bonds. The maximum Gasteiger partial charge on any atom is 0.317 e. The molecule has 4 rings (SSSR count). The van der Waals surface area contributed by atoms with E-state index in [2.05, 4.69) is 16.7 Å². The second-order valence-corrected chi connectivity index (χ2v) is 8.16. The number of nitrogens with zero attached hydrogens (tertiary/aromatic N) is 2. The predicted molar refractivity (Wildman–Crippen MR) is 107 cm³/mol. The van der Waals surface area contributed by atoms with Crippen LogP contribution in [0.1, 0.15) is 45.4 Å². The number of fused-ring (bicyclic) bond motifs is 1. The van der Waals surface area contributed by atoms with Gasteiger partial charge in [-0.05, 0) is 50.2 Å². The summed E-state index contributed by atoms with van der Waals surface area (Å²) in [5, 5.41) is 6.50.